The monoisotopic (exact) mass is 376 g/mol. The highest BCUT2D eigenvalue weighted by molar-refractivity contribution is 6.07. The molecule has 1 unspecified atom stereocenters. The summed E-state index contributed by atoms with van der Waals surface area (Å²) in [7, 11) is 0. The van der Waals surface area contributed by atoms with Crippen LogP contribution in [0.2, 0.25) is 0 Å². The summed E-state index contributed by atoms with van der Waals surface area (Å²) in [5, 5.41) is 13.4. The number of amides is 1. The Balaban J connectivity index is 1.69. The summed E-state index contributed by atoms with van der Waals surface area (Å²) in [4.78, 5) is 17.3. The van der Waals surface area contributed by atoms with Crippen LogP contribution >= 0.6 is 0 Å². The number of benzene rings is 2. The quantitative estimate of drug-likeness (QED) is 0.550. The molecule has 1 atom stereocenters. The zero-order valence-electron chi connectivity index (χ0n) is 14.8. The number of aromatic nitrogens is 1. The van der Waals surface area contributed by atoms with Crippen molar-refractivity contribution in [3.8, 4) is 11.3 Å². The summed E-state index contributed by atoms with van der Waals surface area (Å²) in [6.07, 6.45) is 0.496. The molecule has 2 N–H and O–H groups in total. The second kappa shape index (κ2) is 7.62. The molecule has 2 aromatic carbocycles. The fourth-order valence-corrected chi connectivity index (χ4v) is 3.01. The number of hydrogen-bond donors (Lipinski definition) is 2. The molecule has 0 saturated carbocycles. The van der Waals surface area contributed by atoms with E-state index in [0.717, 1.165) is 5.56 Å². The molecule has 0 fully saturated rings. The Morgan fingerprint density at radius 1 is 1.11 bits per heavy atom. The van der Waals surface area contributed by atoms with Crippen LogP contribution in [0, 0.1) is 5.82 Å². The van der Waals surface area contributed by atoms with Crippen LogP contribution in [0.5, 0.6) is 0 Å². The van der Waals surface area contributed by atoms with Crippen molar-refractivity contribution < 1.29 is 18.7 Å². The number of fused-ring (bicyclic) bond motifs is 1. The molecule has 4 rings (SSSR count). The Morgan fingerprint density at radius 3 is 2.68 bits per heavy atom. The molecule has 0 saturated heterocycles. The summed E-state index contributed by atoms with van der Waals surface area (Å²) in [5.41, 5.74) is 2.13. The highest BCUT2D eigenvalue weighted by Gasteiger charge is 2.17. The molecule has 140 valence electrons. The summed E-state index contributed by atoms with van der Waals surface area (Å²) >= 11 is 0. The molecule has 0 spiro atoms. The number of aliphatic hydroxyl groups excluding tert-OH is 1. The standard InChI is InChI=1S/C22H17FN2O3/c23-15-8-9-16-17(22(27)24-13-20(26)21-7-4-10-28-21)12-18(25-19(16)11-15)14-5-2-1-3-6-14/h1-12,20,26H,13H2,(H,24,27). The Kier molecular flexibility index (Phi) is 4.87. The number of carbonyl (C=O) groups excluding carboxylic acids is 1. The first-order valence-corrected chi connectivity index (χ1v) is 8.77. The van der Waals surface area contributed by atoms with E-state index < -0.39 is 11.9 Å². The second-order valence-corrected chi connectivity index (χ2v) is 6.32. The molecule has 0 bridgehead atoms. The highest BCUT2D eigenvalue weighted by atomic mass is 19.1. The van der Waals surface area contributed by atoms with E-state index in [0.29, 0.717) is 27.9 Å². The highest BCUT2D eigenvalue weighted by Crippen LogP contribution is 2.25. The molecule has 4 aromatic rings. The SMILES string of the molecule is O=C(NCC(O)c1ccco1)c1cc(-c2ccccc2)nc2cc(F)ccc12. The van der Waals surface area contributed by atoms with E-state index in [4.69, 9.17) is 4.42 Å². The Morgan fingerprint density at radius 2 is 1.93 bits per heavy atom. The number of furan rings is 1. The zero-order valence-corrected chi connectivity index (χ0v) is 14.8. The van der Waals surface area contributed by atoms with Crippen LogP contribution in [-0.2, 0) is 0 Å². The number of carbonyl (C=O) groups is 1. The van der Waals surface area contributed by atoms with Gasteiger partial charge < -0.3 is 14.8 Å². The summed E-state index contributed by atoms with van der Waals surface area (Å²) in [5.74, 6) is -0.446. The predicted octanol–water partition coefficient (Wildman–Crippen LogP) is 4.10. The van der Waals surface area contributed by atoms with Crippen molar-refractivity contribution in [2.45, 2.75) is 6.10 Å². The van der Waals surface area contributed by atoms with E-state index in [1.807, 2.05) is 30.3 Å². The van der Waals surface area contributed by atoms with E-state index in [-0.39, 0.29) is 12.5 Å². The van der Waals surface area contributed by atoms with Gasteiger partial charge >= 0.3 is 0 Å². The van der Waals surface area contributed by atoms with Gasteiger partial charge in [-0.25, -0.2) is 9.37 Å². The number of halogens is 1. The number of pyridine rings is 1. The Hall–Kier alpha value is -3.51. The van der Waals surface area contributed by atoms with Crippen molar-refractivity contribution >= 4 is 16.8 Å². The molecule has 0 aliphatic rings. The Labute approximate surface area is 160 Å². The number of nitrogens with zero attached hydrogens (tertiary/aromatic N) is 1. The molecular formula is C22H17FN2O3. The van der Waals surface area contributed by atoms with Gasteiger partial charge in [0.1, 0.15) is 17.7 Å². The summed E-state index contributed by atoms with van der Waals surface area (Å²) < 4.78 is 18.9. The third kappa shape index (κ3) is 3.63. The lowest BCUT2D eigenvalue weighted by atomic mass is 10.0. The summed E-state index contributed by atoms with van der Waals surface area (Å²) in [6, 6.07) is 18.5. The molecule has 1 amide bonds. The van der Waals surface area contributed by atoms with Gasteiger partial charge in [-0.1, -0.05) is 30.3 Å². The smallest absolute Gasteiger partial charge is 0.252 e. The van der Waals surface area contributed by atoms with E-state index >= 15 is 0 Å². The third-order valence-electron chi connectivity index (χ3n) is 4.41. The first-order valence-electron chi connectivity index (χ1n) is 8.77. The molecule has 2 aromatic heterocycles. The number of nitrogens with one attached hydrogen (secondary N) is 1. The van der Waals surface area contributed by atoms with Crippen molar-refractivity contribution in [3.05, 3.63) is 90.1 Å². The third-order valence-corrected chi connectivity index (χ3v) is 4.41. The topological polar surface area (TPSA) is 75.4 Å². The van der Waals surface area contributed by atoms with Gasteiger partial charge in [0.15, 0.2) is 0 Å². The number of rotatable bonds is 5. The van der Waals surface area contributed by atoms with Crippen LogP contribution in [-0.4, -0.2) is 22.5 Å². The lowest BCUT2D eigenvalue weighted by Gasteiger charge is -2.12. The minimum atomic E-state index is -0.960. The fourth-order valence-electron chi connectivity index (χ4n) is 3.01. The molecule has 0 radical (unpaired) electrons. The second-order valence-electron chi connectivity index (χ2n) is 6.32. The normalized spacial score (nSPS) is 12.1. The van der Waals surface area contributed by atoms with Gasteiger partial charge in [0.2, 0.25) is 0 Å². The van der Waals surface area contributed by atoms with Crippen LogP contribution in [0.25, 0.3) is 22.2 Å². The van der Waals surface area contributed by atoms with Crippen LogP contribution < -0.4 is 5.32 Å². The van der Waals surface area contributed by atoms with Crippen LogP contribution in [0.4, 0.5) is 4.39 Å². The van der Waals surface area contributed by atoms with E-state index in [2.05, 4.69) is 10.3 Å². The van der Waals surface area contributed by atoms with E-state index in [9.17, 15) is 14.3 Å². The van der Waals surface area contributed by atoms with E-state index in [1.165, 1.54) is 24.5 Å². The minimum absolute atomic E-state index is 0.0158. The van der Waals surface area contributed by atoms with E-state index in [1.54, 1.807) is 18.2 Å². The van der Waals surface area contributed by atoms with Gasteiger partial charge in [0.05, 0.1) is 29.6 Å². The Bertz CT molecular complexity index is 1110. The lowest BCUT2D eigenvalue weighted by Crippen LogP contribution is -2.28. The first-order chi connectivity index (χ1) is 13.6. The number of hydrogen-bond acceptors (Lipinski definition) is 4. The predicted molar refractivity (Wildman–Crippen MR) is 103 cm³/mol. The maximum absolute atomic E-state index is 13.7. The number of aliphatic hydroxyl groups is 1. The maximum Gasteiger partial charge on any atom is 0.252 e. The average Bonchev–Trinajstić information content (AvgIpc) is 3.26. The molecule has 0 aliphatic heterocycles. The van der Waals surface area contributed by atoms with Crippen LogP contribution in [0.1, 0.15) is 22.2 Å². The molecule has 6 heteroatoms. The summed E-state index contributed by atoms with van der Waals surface area (Å²) in [6.45, 7) is -0.0158. The van der Waals surface area contributed by atoms with Crippen molar-refractivity contribution in [1.82, 2.24) is 10.3 Å². The van der Waals surface area contributed by atoms with Gasteiger partial charge in [0.25, 0.3) is 5.91 Å². The minimum Gasteiger partial charge on any atom is -0.467 e. The van der Waals surface area contributed by atoms with Crippen molar-refractivity contribution in [3.63, 3.8) is 0 Å². The van der Waals surface area contributed by atoms with Crippen molar-refractivity contribution in [2.75, 3.05) is 6.54 Å². The van der Waals surface area contributed by atoms with Gasteiger partial charge in [-0.2, -0.15) is 0 Å². The van der Waals surface area contributed by atoms with Gasteiger partial charge in [0, 0.05) is 17.0 Å². The van der Waals surface area contributed by atoms with Gasteiger partial charge in [-0.05, 0) is 30.3 Å². The van der Waals surface area contributed by atoms with Gasteiger partial charge in [-0.15, -0.1) is 0 Å². The molecule has 2 heterocycles. The molecule has 0 aliphatic carbocycles. The van der Waals surface area contributed by atoms with Crippen molar-refractivity contribution in [1.29, 1.82) is 0 Å². The maximum atomic E-state index is 13.7. The van der Waals surface area contributed by atoms with Crippen LogP contribution in [0.15, 0.2) is 77.4 Å². The van der Waals surface area contributed by atoms with Crippen molar-refractivity contribution in [2.24, 2.45) is 0 Å². The fraction of sp³-hybridized carbons (Fsp3) is 0.0909. The van der Waals surface area contributed by atoms with Crippen LogP contribution in [0.3, 0.4) is 0 Å². The molecule has 28 heavy (non-hydrogen) atoms. The molecular weight excluding hydrogens is 359 g/mol. The first kappa shape index (κ1) is 17.9. The molecule has 5 nitrogen and oxygen atoms in total. The largest absolute Gasteiger partial charge is 0.467 e. The average molecular weight is 376 g/mol. The lowest BCUT2D eigenvalue weighted by molar-refractivity contribution is 0.0902. The zero-order chi connectivity index (χ0) is 19.5. The van der Waals surface area contributed by atoms with Gasteiger partial charge in [-0.3, -0.25) is 4.79 Å².